The van der Waals surface area contributed by atoms with Gasteiger partial charge in [0, 0.05) is 11.2 Å². The molecule has 1 aromatic carbocycles. The smallest absolute Gasteiger partial charge is 0.256 e. The molecule has 0 N–H and O–H groups in total. The molecule has 3 rings (SSSR count). The summed E-state index contributed by atoms with van der Waals surface area (Å²) in [5.74, 6) is 0.0236. The molecule has 0 bridgehead atoms. The SMILES string of the molecule is C[C@@H](c1ccccc1Cl)N1Cc2ncccc2C1=O. The van der Waals surface area contributed by atoms with Gasteiger partial charge in [-0.15, -0.1) is 0 Å². The highest BCUT2D eigenvalue weighted by Crippen LogP contribution is 2.32. The molecular formula is C15H13ClN2O. The fraction of sp³-hybridized carbons (Fsp3) is 0.200. The molecule has 2 heterocycles. The van der Waals surface area contributed by atoms with Crippen molar-refractivity contribution in [2.75, 3.05) is 0 Å². The maximum atomic E-state index is 12.4. The minimum Gasteiger partial charge on any atom is -0.326 e. The number of amides is 1. The number of hydrogen-bond acceptors (Lipinski definition) is 2. The summed E-state index contributed by atoms with van der Waals surface area (Å²) in [5, 5.41) is 0.687. The normalized spacial score (nSPS) is 15.5. The third-order valence-electron chi connectivity index (χ3n) is 3.52. The lowest BCUT2D eigenvalue weighted by Crippen LogP contribution is -2.27. The first-order chi connectivity index (χ1) is 9.18. The Morgan fingerprint density at radius 2 is 2.05 bits per heavy atom. The summed E-state index contributed by atoms with van der Waals surface area (Å²) in [4.78, 5) is 18.4. The van der Waals surface area contributed by atoms with Crippen molar-refractivity contribution in [2.45, 2.75) is 19.5 Å². The van der Waals surface area contributed by atoms with Crippen molar-refractivity contribution in [2.24, 2.45) is 0 Å². The quantitative estimate of drug-likeness (QED) is 0.839. The van der Waals surface area contributed by atoms with E-state index in [1.165, 1.54) is 0 Å². The van der Waals surface area contributed by atoms with Crippen LogP contribution in [0.25, 0.3) is 0 Å². The topological polar surface area (TPSA) is 33.2 Å². The second-order valence-electron chi connectivity index (χ2n) is 4.63. The molecule has 0 radical (unpaired) electrons. The van der Waals surface area contributed by atoms with E-state index < -0.39 is 0 Å². The van der Waals surface area contributed by atoms with Crippen LogP contribution in [0, 0.1) is 0 Å². The van der Waals surface area contributed by atoms with Gasteiger partial charge in [0.2, 0.25) is 0 Å². The summed E-state index contributed by atoms with van der Waals surface area (Å²) in [7, 11) is 0. The number of rotatable bonds is 2. The fourth-order valence-corrected chi connectivity index (χ4v) is 2.73. The minimum atomic E-state index is -0.0598. The van der Waals surface area contributed by atoms with Gasteiger partial charge in [-0.05, 0) is 30.7 Å². The van der Waals surface area contributed by atoms with Gasteiger partial charge in [0.25, 0.3) is 5.91 Å². The van der Waals surface area contributed by atoms with E-state index in [0.717, 1.165) is 11.3 Å². The lowest BCUT2D eigenvalue weighted by atomic mass is 10.1. The van der Waals surface area contributed by atoms with Crippen LogP contribution in [0.15, 0.2) is 42.6 Å². The number of benzene rings is 1. The summed E-state index contributed by atoms with van der Waals surface area (Å²) in [5.41, 5.74) is 2.50. The molecule has 4 heteroatoms. The number of aromatic nitrogens is 1. The molecule has 0 spiro atoms. The zero-order chi connectivity index (χ0) is 13.4. The number of halogens is 1. The van der Waals surface area contributed by atoms with Gasteiger partial charge in [0.15, 0.2) is 0 Å². The number of carbonyl (C=O) groups excluding carboxylic acids is 1. The molecule has 1 aliphatic heterocycles. The standard InChI is InChI=1S/C15H13ClN2O/c1-10(11-5-2-3-7-13(11)16)18-9-14-12(15(18)19)6-4-8-17-14/h2-8,10H,9H2,1H3/t10-/m0/s1. The fourth-order valence-electron chi connectivity index (χ4n) is 2.44. The Bertz CT molecular complexity index is 642. The van der Waals surface area contributed by atoms with Crippen molar-refractivity contribution >= 4 is 17.5 Å². The summed E-state index contributed by atoms with van der Waals surface area (Å²) in [6.07, 6.45) is 1.72. The van der Waals surface area contributed by atoms with E-state index in [4.69, 9.17) is 11.6 Å². The zero-order valence-corrected chi connectivity index (χ0v) is 11.3. The van der Waals surface area contributed by atoms with Gasteiger partial charge in [-0.2, -0.15) is 0 Å². The Kier molecular flexibility index (Phi) is 2.99. The van der Waals surface area contributed by atoms with Gasteiger partial charge in [-0.1, -0.05) is 29.8 Å². The molecule has 0 saturated carbocycles. The van der Waals surface area contributed by atoms with E-state index in [2.05, 4.69) is 4.98 Å². The molecule has 1 aliphatic rings. The van der Waals surface area contributed by atoms with E-state index >= 15 is 0 Å². The first kappa shape index (κ1) is 12.2. The van der Waals surface area contributed by atoms with Crippen molar-refractivity contribution in [3.05, 3.63) is 64.4 Å². The zero-order valence-electron chi connectivity index (χ0n) is 10.5. The van der Waals surface area contributed by atoms with Crippen LogP contribution in [0.4, 0.5) is 0 Å². The molecule has 0 unspecified atom stereocenters. The first-order valence-corrected chi connectivity index (χ1v) is 6.55. The number of hydrogen-bond donors (Lipinski definition) is 0. The average Bonchev–Trinajstić information content (AvgIpc) is 2.77. The Hall–Kier alpha value is -1.87. The Morgan fingerprint density at radius 3 is 2.79 bits per heavy atom. The van der Waals surface area contributed by atoms with Crippen LogP contribution in [0.5, 0.6) is 0 Å². The summed E-state index contributed by atoms with van der Waals surface area (Å²) in [6, 6.07) is 11.2. The van der Waals surface area contributed by atoms with Crippen LogP contribution < -0.4 is 0 Å². The maximum Gasteiger partial charge on any atom is 0.256 e. The molecule has 3 nitrogen and oxygen atoms in total. The highest BCUT2D eigenvalue weighted by Gasteiger charge is 2.32. The largest absolute Gasteiger partial charge is 0.326 e. The number of nitrogens with zero attached hydrogens (tertiary/aromatic N) is 2. The Labute approximate surface area is 116 Å². The minimum absolute atomic E-state index is 0.0236. The molecule has 96 valence electrons. The van der Waals surface area contributed by atoms with Crippen LogP contribution in [0.1, 0.15) is 34.6 Å². The molecule has 0 fully saturated rings. The highest BCUT2D eigenvalue weighted by atomic mass is 35.5. The lowest BCUT2D eigenvalue weighted by Gasteiger charge is -2.25. The van der Waals surface area contributed by atoms with Crippen LogP contribution in [-0.4, -0.2) is 15.8 Å². The van der Waals surface area contributed by atoms with Gasteiger partial charge in [0.05, 0.1) is 23.8 Å². The van der Waals surface area contributed by atoms with E-state index in [9.17, 15) is 4.79 Å². The van der Waals surface area contributed by atoms with Crippen molar-refractivity contribution in [1.29, 1.82) is 0 Å². The van der Waals surface area contributed by atoms with E-state index in [-0.39, 0.29) is 11.9 Å². The monoisotopic (exact) mass is 272 g/mol. The highest BCUT2D eigenvalue weighted by molar-refractivity contribution is 6.31. The van der Waals surface area contributed by atoms with Gasteiger partial charge in [-0.3, -0.25) is 9.78 Å². The van der Waals surface area contributed by atoms with Gasteiger partial charge in [0.1, 0.15) is 0 Å². The summed E-state index contributed by atoms with van der Waals surface area (Å²) in [6.45, 7) is 2.53. The predicted molar refractivity (Wildman–Crippen MR) is 74.0 cm³/mol. The van der Waals surface area contributed by atoms with Gasteiger partial charge in [-0.25, -0.2) is 0 Å². The Morgan fingerprint density at radius 1 is 1.26 bits per heavy atom. The number of fused-ring (bicyclic) bond motifs is 1. The molecule has 1 atom stereocenters. The van der Waals surface area contributed by atoms with Crippen LogP contribution in [0.3, 0.4) is 0 Å². The molecule has 1 aromatic heterocycles. The molecule has 0 aliphatic carbocycles. The molecule has 2 aromatic rings. The van der Waals surface area contributed by atoms with Gasteiger partial charge < -0.3 is 4.90 Å². The first-order valence-electron chi connectivity index (χ1n) is 6.18. The summed E-state index contributed by atoms with van der Waals surface area (Å²) >= 11 is 6.20. The Balaban J connectivity index is 1.94. The third kappa shape index (κ3) is 2.00. The molecular weight excluding hydrogens is 260 g/mol. The number of pyridine rings is 1. The number of carbonyl (C=O) groups is 1. The third-order valence-corrected chi connectivity index (χ3v) is 3.87. The van der Waals surface area contributed by atoms with E-state index in [1.54, 1.807) is 17.2 Å². The molecule has 19 heavy (non-hydrogen) atoms. The maximum absolute atomic E-state index is 12.4. The second kappa shape index (κ2) is 4.67. The molecule has 0 saturated heterocycles. The van der Waals surface area contributed by atoms with Crippen LogP contribution in [0.2, 0.25) is 5.02 Å². The van der Waals surface area contributed by atoms with Crippen LogP contribution in [-0.2, 0) is 6.54 Å². The van der Waals surface area contributed by atoms with Crippen molar-refractivity contribution in [1.82, 2.24) is 9.88 Å². The van der Waals surface area contributed by atoms with Crippen LogP contribution >= 0.6 is 11.6 Å². The lowest BCUT2D eigenvalue weighted by molar-refractivity contribution is 0.0715. The second-order valence-corrected chi connectivity index (χ2v) is 5.04. The van der Waals surface area contributed by atoms with Crippen molar-refractivity contribution in [3.63, 3.8) is 0 Å². The predicted octanol–water partition coefficient (Wildman–Crippen LogP) is 3.45. The summed E-state index contributed by atoms with van der Waals surface area (Å²) < 4.78 is 0. The van der Waals surface area contributed by atoms with Crippen molar-refractivity contribution < 1.29 is 4.79 Å². The van der Waals surface area contributed by atoms with E-state index in [1.807, 2.05) is 37.3 Å². The van der Waals surface area contributed by atoms with E-state index in [0.29, 0.717) is 17.1 Å². The van der Waals surface area contributed by atoms with Gasteiger partial charge >= 0.3 is 0 Å². The van der Waals surface area contributed by atoms with Crippen molar-refractivity contribution in [3.8, 4) is 0 Å². The molecule has 1 amide bonds. The average molecular weight is 273 g/mol.